The molecule has 0 aromatic heterocycles. The van der Waals surface area contributed by atoms with Gasteiger partial charge in [-0.1, -0.05) is 30.3 Å². The summed E-state index contributed by atoms with van der Waals surface area (Å²) in [5, 5.41) is 4.02. The predicted molar refractivity (Wildman–Crippen MR) is 61.6 cm³/mol. The average molecular weight is 200 g/mol. The Labute approximate surface area is 84.1 Å². The second-order valence-electron chi connectivity index (χ2n) is 3.30. The maximum absolute atomic E-state index is 5.39. The second kappa shape index (κ2) is 2.91. The summed E-state index contributed by atoms with van der Waals surface area (Å²) in [6.45, 7) is 0. The first kappa shape index (κ1) is 8.16. The molecular weight excluding hydrogens is 191 g/mol. The van der Waals surface area contributed by atoms with Crippen LogP contribution in [0.5, 0.6) is 0 Å². The lowest BCUT2D eigenvalue weighted by atomic mass is 10.1. The van der Waals surface area contributed by atoms with E-state index in [0.717, 1.165) is 5.48 Å². The summed E-state index contributed by atoms with van der Waals surface area (Å²) in [5.74, 6) is 0. The largest absolute Gasteiger partial charge is 0.344 e. The Morgan fingerprint density at radius 3 is 2.64 bits per heavy atom. The lowest BCUT2D eigenvalue weighted by Gasteiger charge is -2.02. The zero-order chi connectivity index (χ0) is 9.54. The number of rotatable bonds is 1. The van der Waals surface area contributed by atoms with Crippen LogP contribution in [0.1, 0.15) is 5.56 Å². The zero-order valence-corrected chi connectivity index (χ0v) is 8.71. The lowest BCUT2D eigenvalue weighted by Crippen LogP contribution is -1.97. The Morgan fingerprint density at radius 1 is 1.07 bits per heavy atom. The van der Waals surface area contributed by atoms with Gasteiger partial charge in [-0.15, -0.1) is 0 Å². The van der Waals surface area contributed by atoms with Gasteiger partial charge in [-0.3, -0.25) is 0 Å². The Kier molecular flexibility index (Phi) is 1.70. The molecule has 1 aliphatic heterocycles. The molecule has 0 radical (unpaired) electrons. The first-order chi connectivity index (χ1) is 6.90. The van der Waals surface area contributed by atoms with Gasteiger partial charge in [0, 0.05) is 23.4 Å². The van der Waals surface area contributed by atoms with Crippen molar-refractivity contribution in [2.45, 2.75) is 0 Å². The van der Waals surface area contributed by atoms with Crippen molar-refractivity contribution >= 4 is 29.8 Å². The molecular formula is C12H9OP. The molecule has 2 aromatic rings. The van der Waals surface area contributed by atoms with Gasteiger partial charge in [0.2, 0.25) is 0 Å². The van der Waals surface area contributed by atoms with Crippen molar-refractivity contribution in [1.82, 2.24) is 0 Å². The SMILES string of the molecule is COC1=Pc2cccc3cccc1c23. The van der Waals surface area contributed by atoms with Crippen molar-refractivity contribution in [3.05, 3.63) is 42.0 Å². The quantitative estimate of drug-likeness (QED) is 0.643. The van der Waals surface area contributed by atoms with E-state index in [1.165, 1.54) is 29.8 Å². The van der Waals surface area contributed by atoms with E-state index in [0.29, 0.717) is 0 Å². The van der Waals surface area contributed by atoms with Gasteiger partial charge in [-0.05, 0) is 19.7 Å². The van der Waals surface area contributed by atoms with Crippen molar-refractivity contribution in [3.8, 4) is 0 Å². The monoisotopic (exact) mass is 200 g/mol. The van der Waals surface area contributed by atoms with Crippen LogP contribution in [-0.4, -0.2) is 12.6 Å². The van der Waals surface area contributed by atoms with Crippen LogP contribution in [0.2, 0.25) is 0 Å². The van der Waals surface area contributed by atoms with Crippen molar-refractivity contribution in [3.63, 3.8) is 0 Å². The summed E-state index contributed by atoms with van der Waals surface area (Å²) < 4.78 is 5.39. The first-order valence-corrected chi connectivity index (χ1v) is 5.44. The summed E-state index contributed by atoms with van der Waals surface area (Å²) >= 11 is 0. The van der Waals surface area contributed by atoms with Crippen LogP contribution in [0.25, 0.3) is 10.8 Å². The topological polar surface area (TPSA) is 9.23 Å². The van der Waals surface area contributed by atoms with Crippen molar-refractivity contribution < 1.29 is 4.74 Å². The highest BCUT2D eigenvalue weighted by Gasteiger charge is 2.15. The van der Waals surface area contributed by atoms with E-state index in [1.807, 2.05) is 0 Å². The molecule has 0 atom stereocenters. The lowest BCUT2D eigenvalue weighted by molar-refractivity contribution is 0.416. The van der Waals surface area contributed by atoms with Gasteiger partial charge in [0.05, 0.1) is 0 Å². The van der Waals surface area contributed by atoms with E-state index in [2.05, 4.69) is 36.4 Å². The van der Waals surface area contributed by atoms with Crippen LogP contribution in [0.15, 0.2) is 36.4 Å². The Morgan fingerprint density at radius 2 is 1.86 bits per heavy atom. The van der Waals surface area contributed by atoms with Gasteiger partial charge in [-0.25, -0.2) is 0 Å². The standard InChI is InChI=1S/C12H9OP/c1-13-12-9-6-2-4-8-5-3-7-10(14-12)11(8)9/h2-7H,1H3. The van der Waals surface area contributed by atoms with Crippen LogP contribution >= 0.6 is 8.20 Å². The molecule has 0 amide bonds. The highest BCUT2D eigenvalue weighted by molar-refractivity contribution is 7.51. The molecule has 1 aliphatic rings. The molecule has 2 heteroatoms. The van der Waals surface area contributed by atoms with Crippen molar-refractivity contribution in [2.75, 3.05) is 7.11 Å². The Hall–Kier alpha value is -1.17. The molecule has 0 aliphatic carbocycles. The molecule has 0 N–H and O–H groups in total. The van der Waals surface area contributed by atoms with Crippen LogP contribution < -0.4 is 5.30 Å². The molecule has 0 fully saturated rings. The predicted octanol–water partition coefficient (Wildman–Crippen LogP) is 2.55. The molecule has 14 heavy (non-hydrogen) atoms. The maximum atomic E-state index is 5.39. The second-order valence-corrected chi connectivity index (χ2v) is 4.41. The smallest absolute Gasteiger partial charge is 0.109 e. The fourth-order valence-electron chi connectivity index (χ4n) is 1.92. The summed E-state index contributed by atoms with van der Waals surface area (Å²) in [5.41, 5.74) is 2.32. The fraction of sp³-hybridized carbons (Fsp3) is 0.0833. The third-order valence-electron chi connectivity index (χ3n) is 2.53. The van der Waals surface area contributed by atoms with Gasteiger partial charge in [0.25, 0.3) is 0 Å². The molecule has 0 saturated carbocycles. The van der Waals surface area contributed by atoms with Gasteiger partial charge in [0.1, 0.15) is 5.48 Å². The molecule has 2 aromatic carbocycles. The molecule has 0 unspecified atom stereocenters. The van der Waals surface area contributed by atoms with Crippen molar-refractivity contribution in [1.29, 1.82) is 0 Å². The third kappa shape index (κ3) is 0.971. The summed E-state index contributed by atoms with van der Waals surface area (Å²) in [7, 11) is 2.94. The highest BCUT2D eigenvalue weighted by Crippen LogP contribution is 2.28. The van der Waals surface area contributed by atoms with E-state index in [1.54, 1.807) is 7.11 Å². The van der Waals surface area contributed by atoms with Crippen LogP contribution in [0, 0.1) is 0 Å². The third-order valence-corrected chi connectivity index (χ3v) is 3.77. The maximum Gasteiger partial charge on any atom is 0.109 e. The Balaban J connectivity index is 2.46. The van der Waals surface area contributed by atoms with E-state index < -0.39 is 0 Å². The minimum Gasteiger partial charge on any atom is -0.344 e. The van der Waals surface area contributed by atoms with Crippen molar-refractivity contribution in [2.24, 2.45) is 0 Å². The molecule has 1 heterocycles. The molecule has 3 rings (SSSR count). The van der Waals surface area contributed by atoms with E-state index in [9.17, 15) is 0 Å². The van der Waals surface area contributed by atoms with Gasteiger partial charge < -0.3 is 4.74 Å². The van der Waals surface area contributed by atoms with E-state index >= 15 is 0 Å². The zero-order valence-electron chi connectivity index (χ0n) is 7.82. The average Bonchev–Trinajstić information content (AvgIpc) is 2.60. The number of methoxy groups -OCH3 is 1. The summed E-state index contributed by atoms with van der Waals surface area (Å²) in [4.78, 5) is 0. The minimum atomic E-state index is 1.07. The molecule has 0 saturated heterocycles. The van der Waals surface area contributed by atoms with Crippen LogP contribution in [0.4, 0.5) is 0 Å². The molecule has 0 bridgehead atoms. The van der Waals surface area contributed by atoms with Crippen LogP contribution in [-0.2, 0) is 4.74 Å². The summed E-state index contributed by atoms with van der Waals surface area (Å²) in [6, 6.07) is 12.8. The number of hydrogen-bond donors (Lipinski definition) is 0. The number of ether oxygens (including phenoxy) is 1. The molecule has 0 spiro atoms. The number of hydrogen-bond acceptors (Lipinski definition) is 1. The highest BCUT2D eigenvalue weighted by atomic mass is 31.1. The fourth-order valence-corrected chi connectivity index (χ4v) is 3.06. The van der Waals surface area contributed by atoms with Crippen LogP contribution in [0.3, 0.4) is 0 Å². The van der Waals surface area contributed by atoms with E-state index in [4.69, 9.17) is 4.74 Å². The molecule has 1 nitrogen and oxygen atoms in total. The summed E-state index contributed by atoms with van der Waals surface area (Å²) in [6.07, 6.45) is 0. The van der Waals surface area contributed by atoms with Gasteiger partial charge in [-0.2, -0.15) is 0 Å². The Bertz CT molecular complexity index is 538. The number of benzene rings is 2. The van der Waals surface area contributed by atoms with Gasteiger partial charge in [0.15, 0.2) is 0 Å². The van der Waals surface area contributed by atoms with E-state index in [-0.39, 0.29) is 0 Å². The minimum absolute atomic E-state index is 1.07. The molecule has 68 valence electrons. The first-order valence-electron chi connectivity index (χ1n) is 4.55. The van der Waals surface area contributed by atoms with Gasteiger partial charge >= 0.3 is 0 Å². The normalized spacial score (nSPS) is 14.5.